The summed E-state index contributed by atoms with van der Waals surface area (Å²) in [6.07, 6.45) is 0. The zero-order valence-electron chi connectivity index (χ0n) is 7.75. The van der Waals surface area contributed by atoms with Crippen molar-refractivity contribution in [2.24, 2.45) is 0 Å². The van der Waals surface area contributed by atoms with Crippen LogP contribution in [0.25, 0.3) is 0 Å². The first kappa shape index (κ1) is 12.8. The van der Waals surface area contributed by atoms with Crippen LogP contribution < -0.4 is 5.32 Å². The average molecular weight is 271 g/mol. The van der Waals surface area contributed by atoms with E-state index in [2.05, 4.69) is 10.3 Å². The van der Waals surface area contributed by atoms with E-state index in [4.69, 9.17) is 16.7 Å². The predicted molar refractivity (Wildman–Crippen MR) is 53.0 cm³/mol. The molecule has 0 atom stereocenters. The summed E-state index contributed by atoms with van der Waals surface area (Å²) in [5.74, 6) is -7.05. The Hall–Kier alpha value is -1.28. The standard InChI is InChI=1S/C7H5ClF2N2O3S/c1-2(13)11-6-12-3(4(8)16-6)7(9,10)5(14)15/h1H3,(H,14,15)(H,11,12,13). The number of amides is 1. The maximum absolute atomic E-state index is 13.0. The Morgan fingerprint density at radius 1 is 1.56 bits per heavy atom. The Kier molecular flexibility index (Phi) is 3.44. The Labute approximate surface area is 97.1 Å². The number of rotatable bonds is 3. The van der Waals surface area contributed by atoms with Crippen LogP contribution in [-0.4, -0.2) is 22.0 Å². The van der Waals surface area contributed by atoms with Crippen molar-refractivity contribution in [3.63, 3.8) is 0 Å². The highest BCUT2D eigenvalue weighted by Crippen LogP contribution is 2.38. The molecule has 1 heterocycles. The van der Waals surface area contributed by atoms with E-state index in [1.54, 1.807) is 0 Å². The molecular weight excluding hydrogens is 266 g/mol. The molecule has 0 bridgehead atoms. The first-order valence-electron chi connectivity index (χ1n) is 3.80. The topological polar surface area (TPSA) is 79.3 Å². The minimum Gasteiger partial charge on any atom is -0.476 e. The van der Waals surface area contributed by atoms with Crippen molar-refractivity contribution in [1.29, 1.82) is 0 Å². The number of carbonyl (C=O) groups is 2. The molecule has 0 spiro atoms. The van der Waals surface area contributed by atoms with Gasteiger partial charge < -0.3 is 10.4 Å². The number of thiazole rings is 1. The number of aliphatic carboxylic acids is 1. The van der Waals surface area contributed by atoms with E-state index in [0.717, 1.165) is 6.92 Å². The highest BCUT2D eigenvalue weighted by molar-refractivity contribution is 7.19. The third-order valence-electron chi connectivity index (χ3n) is 1.43. The third-order valence-corrected chi connectivity index (χ3v) is 2.60. The molecule has 9 heteroatoms. The van der Waals surface area contributed by atoms with Crippen molar-refractivity contribution in [2.75, 3.05) is 5.32 Å². The monoisotopic (exact) mass is 270 g/mol. The van der Waals surface area contributed by atoms with E-state index < -0.39 is 27.8 Å². The molecule has 1 amide bonds. The predicted octanol–water partition coefficient (Wildman–Crippen LogP) is 1.93. The lowest BCUT2D eigenvalue weighted by atomic mass is 10.3. The van der Waals surface area contributed by atoms with Gasteiger partial charge in [-0.3, -0.25) is 4.79 Å². The van der Waals surface area contributed by atoms with Crippen LogP contribution in [0.1, 0.15) is 12.6 Å². The van der Waals surface area contributed by atoms with Crippen molar-refractivity contribution < 1.29 is 23.5 Å². The largest absolute Gasteiger partial charge is 0.476 e. The van der Waals surface area contributed by atoms with Gasteiger partial charge >= 0.3 is 11.9 Å². The van der Waals surface area contributed by atoms with Gasteiger partial charge in [0, 0.05) is 6.92 Å². The van der Waals surface area contributed by atoms with E-state index in [-0.39, 0.29) is 5.13 Å². The first-order chi connectivity index (χ1) is 7.25. The molecule has 88 valence electrons. The molecular formula is C7H5ClF2N2O3S. The molecule has 0 aliphatic heterocycles. The number of aromatic nitrogens is 1. The van der Waals surface area contributed by atoms with Gasteiger partial charge in [0.05, 0.1) is 0 Å². The van der Waals surface area contributed by atoms with Crippen molar-refractivity contribution >= 4 is 39.9 Å². The number of nitrogens with zero attached hydrogens (tertiary/aromatic N) is 1. The van der Waals surface area contributed by atoms with Gasteiger partial charge in [-0.2, -0.15) is 8.78 Å². The molecule has 0 saturated heterocycles. The molecule has 0 fully saturated rings. The molecule has 0 radical (unpaired) electrons. The summed E-state index contributed by atoms with van der Waals surface area (Å²) in [7, 11) is 0. The molecule has 5 nitrogen and oxygen atoms in total. The Balaban J connectivity index is 3.11. The Bertz CT molecular complexity index is 449. The average Bonchev–Trinajstić information content (AvgIpc) is 2.45. The van der Waals surface area contributed by atoms with Gasteiger partial charge in [0.15, 0.2) is 10.8 Å². The fourth-order valence-electron chi connectivity index (χ4n) is 0.801. The zero-order chi connectivity index (χ0) is 12.5. The molecule has 1 aromatic rings. The molecule has 1 aromatic heterocycles. The second kappa shape index (κ2) is 4.30. The Morgan fingerprint density at radius 3 is 2.56 bits per heavy atom. The molecule has 0 unspecified atom stereocenters. The van der Waals surface area contributed by atoms with Gasteiger partial charge in [0.25, 0.3) is 0 Å². The smallest absolute Gasteiger partial charge is 0.386 e. The lowest BCUT2D eigenvalue weighted by Crippen LogP contribution is -2.26. The summed E-state index contributed by atoms with van der Waals surface area (Å²) in [4.78, 5) is 24.2. The van der Waals surface area contributed by atoms with Crippen LogP contribution in [0.3, 0.4) is 0 Å². The second-order valence-corrected chi connectivity index (χ2v) is 4.30. The van der Waals surface area contributed by atoms with Gasteiger partial charge in [-0.15, -0.1) is 0 Å². The van der Waals surface area contributed by atoms with Crippen LogP contribution in [0.5, 0.6) is 0 Å². The Morgan fingerprint density at radius 2 is 2.12 bits per heavy atom. The third kappa shape index (κ3) is 2.45. The lowest BCUT2D eigenvalue weighted by Gasteiger charge is -2.07. The maximum Gasteiger partial charge on any atom is 0.386 e. The number of carbonyl (C=O) groups excluding carboxylic acids is 1. The zero-order valence-corrected chi connectivity index (χ0v) is 9.33. The molecule has 0 aliphatic carbocycles. The van der Waals surface area contributed by atoms with Crippen molar-refractivity contribution in [3.05, 3.63) is 10.0 Å². The number of hydrogen-bond donors (Lipinski definition) is 2. The van der Waals surface area contributed by atoms with Crippen LogP contribution in [-0.2, 0) is 15.5 Å². The summed E-state index contributed by atoms with van der Waals surface area (Å²) in [5.41, 5.74) is -1.07. The lowest BCUT2D eigenvalue weighted by molar-refractivity contribution is -0.166. The quantitative estimate of drug-likeness (QED) is 0.879. The van der Waals surface area contributed by atoms with Crippen LogP contribution >= 0.6 is 22.9 Å². The van der Waals surface area contributed by atoms with Crippen LogP contribution in [0.2, 0.25) is 4.34 Å². The van der Waals surface area contributed by atoms with Crippen molar-refractivity contribution in [2.45, 2.75) is 12.8 Å². The number of anilines is 1. The molecule has 0 aromatic carbocycles. The fourth-order valence-corrected chi connectivity index (χ4v) is 1.95. The summed E-state index contributed by atoms with van der Waals surface area (Å²) < 4.78 is 25.6. The van der Waals surface area contributed by atoms with E-state index in [1.165, 1.54) is 0 Å². The van der Waals surface area contributed by atoms with Gasteiger partial charge in [-0.05, 0) is 0 Å². The van der Waals surface area contributed by atoms with Gasteiger partial charge in [0.2, 0.25) is 5.91 Å². The number of carboxylic acid groups (broad SMARTS) is 1. The molecule has 16 heavy (non-hydrogen) atoms. The highest BCUT2D eigenvalue weighted by Gasteiger charge is 2.45. The first-order valence-corrected chi connectivity index (χ1v) is 5.00. The van der Waals surface area contributed by atoms with E-state index >= 15 is 0 Å². The minimum atomic E-state index is -4.18. The molecule has 1 rings (SSSR count). The van der Waals surface area contributed by atoms with E-state index in [0.29, 0.717) is 11.3 Å². The number of alkyl halides is 2. The number of nitrogens with one attached hydrogen (secondary N) is 1. The van der Waals surface area contributed by atoms with Gasteiger partial charge in [-0.25, -0.2) is 9.78 Å². The van der Waals surface area contributed by atoms with E-state index in [1.807, 2.05) is 0 Å². The highest BCUT2D eigenvalue weighted by atomic mass is 35.5. The molecule has 0 saturated carbocycles. The number of carboxylic acids is 1. The number of hydrogen-bond acceptors (Lipinski definition) is 4. The van der Waals surface area contributed by atoms with Gasteiger partial charge in [0.1, 0.15) is 4.34 Å². The van der Waals surface area contributed by atoms with Crippen molar-refractivity contribution in [1.82, 2.24) is 4.98 Å². The SMILES string of the molecule is CC(=O)Nc1nc(C(F)(F)C(=O)O)c(Cl)s1. The van der Waals surface area contributed by atoms with Crippen LogP contribution in [0.15, 0.2) is 0 Å². The van der Waals surface area contributed by atoms with E-state index in [9.17, 15) is 18.4 Å². The van der Waals surface area contributed by atoms with Crippen LogP contribution in [0, 0.1) is 0 Å². The fraction of sp³-hybridized carbons (Fsp3) is 0.286. The second-order valence-electron chi connectivity index (χ2n) is 2.70. The summed E-state index contributed by atoms with van der Waals surface area (Å²) in [6.45, 7) is 1.16. The molecule has 2 N–H and O–H groups in total. The van der Waals surface area contributed by atoms with Crippen LogP contribution in [0.4, 0.5) is 13.9 Å². The summed E-state index contributed by atoms with van der Waals surface area (Å²) in [5, 5.41) is 10.2. The van der Waals surface area contributed by atoms with Crippen molar-refractivity contribution in [3.8, 4) is 0 Å². The van der Waals surface area contributed by atoms with Gasteiger partial charge in [-0.1, -0.05) is 22.9 Å². The minimum absolute atomic E-state index is 0.173. The summed E-state index contributed by atoms with van der Waals surface area (Å²) in [6, 6.07) is 0. The number of halogens is 3. The normalized spacial score (nSPS) is 11.2. The summed E-state index contributed by atoms with van der Waals surface area (Å²) >= 11 is 5.98. The molecule has 0 aliphatic rings. The maximum atomic E-state index is 13.0.